The van der Waals surface area contributed by atoms with E-state index < -0.39 is 6.10 Å². The summed E-state index contributed by atoms with van der Waals surface area (Å²) in [5, 5.41) is 0. The van der Waals surface area contributed by atoms with Crippen molar-refractivity contribution in [3.8, 4) is 0 Å². The fourth-order valence-corrected chi connectivity index (χ4v) is 8.14. The molecule has 0 fully saturated rings. The van der Waals surface area contributed by atoms with Crippen LogP contribution in [0.2, 0.25) is 0 Å². The van der Waals surface area contributed by atoms with Gasteiger partial charge in [0.05, 0.1) is 0 Å². The van der Waals surface area contributed by atoms with E-state index in [4.69, 9.17) is 14.2 Å². The fourth-order valence-electron chi connectivity index (χ4n) is 8.14. The normalized spacial score (nSPS) is 12.0. The van der Waals surface area contributed by atoms with Gasteiger partial charge in [0, 0.05) is 19.3 Å². The van der Waals surface area contributed by atoms with Crippen molar-refractivity contribution >= 4 is 17.9 Å². The largest absolute Gasteiger partial charge is 0.462 e. The zero-order valence-corrected chi connectivity index (χ0v) is 41.2. The Balaban J connectivity index is 4.32. The minimum absolute atomic E-state index is 0.0677. The third kappa shape index (κ3) is 49.0. The number of hydrogen-bond donors (Lipinski definition) is 0. The zero-order valence-electron chi connectivity index (χ0n) is 41.2. The van der Waals surface area contributed by atoms with E-state index in [0.29, 0.717) is 19.3 Å². The molecule has 0 aromatic carbocycles. The molecule has 0 bridgehead atoms. The number of esters is 3. The molecule has 0 aromatic rings. The van der Waals surface area contributed by atoms with E-state index in [2.05, 4.69) is 32.9 Å². The van der Waals surface area contributed by atoms with Gasteiger partial charge in [0.25, 0.3) is 0 Å². The van der Waals surface area contributed by atoms with Crippen LogP contribution in [0.3, 0.4) is 0 Å². The van der Waals surface area contributed by atoms with Gasteiger partial charge in [0.1, 0.15) is 13.2 Å². The van der Waals surface area contributed by atoms with Gasteiger partial charge in [-0.15, -0.1) is 0 Å². The molecule has 0 aliphatic heterocycles. The van der Waals surface area contributed by atoms with Crippen molar-refractivity contribution in [1.29, 1.82) is 0 Å². The van der Waals surface area contributed by atoms with Crippen LogP contribution in [0.1, 0.15) is 303 Å². The van der Waals surface area contributed by atoms with Crippen LogP contribution in [-0.4, -0.2) is 37.2 Å². The van der Waals surface area contributed by atoms with Crippen LogP contribution < -0.4 is 0 Å². The van der Waals surface area contributed by atoms with Crippen molar-refractivity contribution in [1.82, 2.24) is 0 Å². The fraction of sp³-hybridized carbons (Fsp3) is 0.909. The molecular weight excluding hydrogens is 757 g/mol. The van der Waals surface area contributed by atoms with E-state index >= 15 is 0 Å². The summed E-state index contributed by atoms with van der Waals surface area (Å²) >= 11 is 0. The van der Waals surface area contributed by atoms with Crippen molar-refractivity contribution < 1.29 is 28.6 Å². The first-order valence-electron chi connectivity index (χ1n) is 27.2. The number of carbonyl (C=O) groups is 3. The second-order valence-electron chi connectivity index (χ2n) is 18.5. The van der Waals surface area contributed by atoms with Crippen LogP contribution in [0, 0.1) is 0 Å². The van der Waals surface area contributed by atoms with Crippen molar-refractivity contribution in [2.75, 3.05) is 13.2 Å². The lowest BCUT2D eigenvalue weighted by molar-refractivity contribution is -0.167. The predicted molar refractivity (Wildman–Crippen MR) is 261 cm³/mol. The van der Waals surface area contributed by atoms with E-state index in [9.17, 15) is 14.4 Å². The predicted octanol–water partition coefficient (Wildman–Crippen LogP) is 17.8. The average Bonchev–Trinajstić information content (AvgIpc) is 3.26. The zero-order chi connectivity index (χ0) is 44.4. The summed E-state index contributed by atoms with van der Waals surface area (Å²) < 4.78 is 16.8. The van der Waals surface area contributed by atoms with Crippen LogP contribution in [0.4, 0.5) is 0 Å². The molecule has 1 unspecified atom stereocenters. The topological polar surface area (TPSA) is 78.9 Å². The van der Waals surface area contributed by atoms with Crippen molar-refractivity contribution in [3.63, 3.8) is 0 Å². The van der Waals surface area contributed by atoms with Crippen LogP contribution in [-0.2, 0) is 28.6 Å². The molecule has 6 nitrogen and oxygen atoms in total. The molecule has 0 spiro atoms. The molecule has 6 heteroatoms. The summed E-state index contributed by atoms with van der Waals surface area (Å²) in [5.41, 5.74) is 0. The van der Waals surface area contributed by atoms with Gasteiger partial charge in [-0.05, 0) is 44.9 Å². The van der Waals surface area contributed by atoms with Gasteiger partial charge in [-0.2, -0.15) is 0 Å². The quantitative estimate of drug-likeness (QED) is 0.0262. The van der Waals surface area contributed by atoms with Gasteiger partial charge >= 0.3 is 17.9 Å². The summed E-state index contributed by atoms with van der Waals surface area (Å²) in [7, 11) is 0. The highest BCUT2D eigenvalue weighted by Gasteiger charge is 2.19. The highest BCUT2D eigenvalue weighted by atomic mass is 16.6. The Hall–Kier alpha value is -1.85. The van der Waals surface area contributed by atoms with Crippen LogP contribution in [0.25, 0.3) is 0 Å². The monoisotopic (exact) mass is 861 g/mol. The number of ether oxygens (including phenoxy) is 3. The molecular formula is C55H104O6. The van der Waals surface area contributed by atoms with Crippen molar-refractivity contribution in [2.24, 2.45) is 0 Å². The van der Waals surface area contributed by atoms with E-state index in [0.717, 1.165) is 64.2 Å². The Morgan fingerprint density at radius 3 is 0.820 bits per heavy atom. The van der Waals surface area contributed by atoms with E-state index in [-0.39, 0.29) is 31.1 Å². The van der Waals surface area contributed by atoms with Crippen molar-refractivity contribution in [3.05, 3.63) is 12.2 Å². The van der Waals surface area contributed by atoms with E-state index in [1.807, 2.05) is 0 Å². The van der Waals surface area contributed by atoms with Gasteiger partial charge in [-0.25, -0.2) is 0 Å². The highest BCUT2D eigenvalue weighted by molar-refractivity contribution is 5.71. The lowest BCUT2D eigenvalue weighted by atomic mass is 10.0. The van der Waals surface area contributed by atoms with Gasteiger partial charge in [-0.3, -0.25) is 14.4 Å². The maximum atomic E-state index is 12.8. The molecule has 0 saturated heterocycles. The number of rotatable bonds is 50. The first-order chi connectivity index (χ1) is 30.0. The molecule has 1 atom stereocenters. The van der Waals surface area contributed by atoms with E-state index in [1.165, 1.54) is 199 Å². The van der Waals surface area contributed by atoms with Crippen molar-refractivity contribution in [2.45, 2.75) is 309 Å². The third-order valence-electron chi connectivity index (χ3n) is 12.3. The third-order valence-corrected chi connectivity index (χ3v) is 12.3. The van der Waals surface area contributed by atoms with E-state index in [1.54, 1.807) is 0 Å². The van der Waals surface area contributed by atoms with Gasteiger partial charge < -0.3 is 14.2 Å². The standard InChI is InChI=1S/C55H104O6/c1-4-7-10-13-16-19-22-25-27-28-31-33-36-39-42-45-48-54(57)60-51-52(50-59-53(56)47-44-41-38-35-32-29-24-21-18-15-12-9-6-3)61-55(58)49-46-43-40-37-34-30-26-23-20-17-14-11-8-5-2/h23,26,52H,4-22,24-25,27-51H2,1-3H3/b26-23-. The minimum Gasteiger partial charge on any atom is -0.462 e. The second kappa shape index (κ2) is 50.8. The lowest BCUT2D eigenvalue weighted by Crippen LogP contribution is -2.30. The molecule has 0 amide bonds. The molecule has 0 radical (unpaired) electrons. The lowest BCUT2D eigenvalue weighted by Gasteiger charge is -2.18. The molecule has 0 aliphatic rings. The minimum atomic E-state index is -0.767. The van der Waals surface area contributed by atoms with Gasteiger partial charge in [-0.1, -0.05) is 251 Å². The Morgan fingerprint density at radius 2 is 0.541 bits per heavy atom. The molecule has 0 rings (SSSR count). The molecule has 360 valence electrons. The molecule has 0 aromatic heterocycles. The number of allylic oxidation sites excluding steroid dienone is 2. The molecule has 0 saturated carbocycles. The van der Waals surface area contributed by atoms with Crippen LogP contribution >= 0.6 is 0 Å². The summed E-state index contributed by atoms with van der Waals surface area (Å²) in [6.07, 6.45) is 56.2. The second-order valence-corrected chi connectivity index (χ2v) is 18.5. The van der Waals surface area contributed by atoms with Gasteiger partial charge in [0.2, 0.25) is 0 Å². The summed E-state index contributed by atoms with van der Waals surface area (Å²) in [6.45, 7) is 6.67. The Bertz CT molecular complexity index is 947. The Morgan fingerprint density at radius 1 is 0.311 bits per heavy atom. The van der Waals surface area contributed by atoms with Gasteiger partial charge in [0.15, 0.2) is 6.10 Å². The maximum Gasteiger partial charge on any atom is 0.306 e. The molecule has 0 aliphatic carbocycles. The molecule has 0 N–H and O–H groups in total. The number of carbonyl (C=O) groups excluding carboxylic acids is 3. The summed E-state index contributed by atoms with van der Waals surface area (Å²) in [4.78, 5) is 38.0. The molecule has 61 heavy (non-hydrogen) atoms. The Kier molecular flexibility index (Phi) is 49.3. The summed E-state index contributed by atoms with van der Waals surface area (Å²) in [5.74, 6) is -0.856. The Labute approximate surface area is 380 Å². The van der Waals surface area contributed by atoms with Crippen LogP contribution in [0.5, 0.6) is 0 Å². The first kappa shape index (κ1) is 59.1. The average molecular weight is 861 g/mol. The smallest absolute Gasteiger partial charge is 0.306 e. The first-order valence-corrected chi connectivity index (χ1v) is 27.2. The summed E-state index contributed by atoms with van der Waals surface area (Å²) in [6, 6.07) is 0. The maximum absolute atomic E-state index is 12.8. The van der Waals surface area contributed by atoms with Crippen LogP contribution in [0.15, 0.2) is 12.2 Å². The molecule has 0 heterocycles. The number of unbranched alkanes of at least 4 members (excludes halogenated alkanes) is 37. The highest BCUT2D eigenvalue weighted by Crippen LogP contribution is 2.16. The SMILES string of the molecule is CCCCCCC/C=C\CCCCCCCC(=O)OC(COC(=O)CCCCCCCCCCCCCCC)COC(=O)CCCCCCCCCCCCCCCCCC. The number of hydrogen-bond acceptors (Lipinski definition) is 6.